The van der Waals surface area contributed by atoms with Crippen LogP contribution >= 0.6 is 0 Å². The number of ether oxygens (including phenoxy) is 1. The quantitative estimate of drug-likeness (QED) is 0.912. The first-order chi connectivity index (χ1) is 10.2. The van der Waals surface area contributed by atoms with E-state index < -0.39 is 0 Å². The molecular formula is C17H20N2O2. The van der Waals surface area contributed by atoms with Crippen molar-refractivity contribution in [1.82, 2.24) is 4.98 Å². The summed E-state index contributed by atoms with van der Waals surface area (Å²) in [6.07, 6.45) is 2.48. The molecule has 2 aromatic rings. The fraction of sp³-hybridized carbons (Fsp3) is 0.294. The summed E-state index contributed by atoms with van der Waals surface area (Å²) in [5, 5.41) is 2.99. The Labute approximate surface area is 125 Å². The molecule has 21 heavy (non-hydrogen) atoms. The fourth-order valence-electron chi connectivity index (χ4n) is 2.20. The van der Waals surface area contributed by atoms with Gasteiger partial charge in [-0.2, -0.15) is 0 Å². The number of carbonyl (C=O) groups excluding carboxylic acids is 1. The molecule has 1 amide bonds. The number of amides is 1. The minimum atomic E-state index is -0.199. The summed E-state index contributed by atoms with van der Waals surface area (Å²) < 4.78 is 5.41. The summed E-state index contributed by atoms with van der Waals surface area (Å²) in [6.45, 7) is 6.40. The lowest BCUT2D eigenvalue weighted by Gasteiger charge is -2.14. The van der Waals surface area contributed by atoms with Crippen molar-refractivity contribution >= 4 is 11.6 Å². The van der Waals surface area contributed by atoms with Crippen molar-refractivity contribution in [2.45, 2.75) is 27.2 Å². The molecule has 4 nitrogen and oxygen atoms in total. The van der Waals surface area contributed by atoms with Crippen molar-refractivity contribution in [2.75, 3.05) is 11.9 Å². The van der Waals surface area contributed by atoms with Crippen LogP contribution in [0, 0.1) is 6.92 Å². The van der Waals surface area contributed by atoms with Crippen molar-refractivity contribution in [3.8, 4) is 5.88 Å². The molecule has 0 saturated heterocycles. The normalized spacial score (nSPS) is 10.2. The summed E-state index contributed by atoms with van der Waals surface area (Å²) in [7, 11) is 0. The molecule has 0 radical (unpaired) electrons. The SMILES string of the molecule is CCOc1ncccc1C(=O)Nc1c(C)cccc1CC. The predicted octanol–water partition coefficient (Wildman–Crippen LogP) is 3.60. The van der Waals surface area contributed by atoms with Crippen molar-refractivity contribution in [3.05, 3.63) is 53.2 Å². The number of carbonyl (C=O) groups is 1. The smallest absolute Gasteiger partial charge is 0.261 e. The third kappa shape index (κ3) is 3.40. The number of anilines is 1. The van der Waals surface area contributed by atoms with Crippen LogP contribution < -0.4 is 10.1 Å². The zero-order valence-electron chi connectivity index (χ0n) is 12.6. The molecule has 1 aromatic heterocycles. The van der Waals surface area contributed by atoms with E-state index in [9.17, 15) is 4.79 Å². The number of hydrogen-bond acceptors (Lipinski definition) is 3. The second-order valence-electron chi connectivity index (χ2n) is 4.71. The molecule has 0 bridgehead atoms. The standard InChI is InChI=1S/C17H20N2O2/c1-4-13-9-6-8-12(3)15(13)19-16(20)14-10-7-11-18-17(14)21-5-2/h6-11H,4-5H2,1-3H3,(H,19,20). The first-order valence-corrected chi connectivity index (χ1v) is 7.15. The number of nitrogens with zero attached hydrogens (tertiary/aromatic N) is 1. The maximum atomic E-state index is 12.5. The molecule has 4 heteroatoms. The molecule has 1 aromatic carbocycles. The number of nitrogens with one attached hydrogen (secondary N) is 1. The summed E-state index contributed by atoms with van der Waals surface area (Å²) >= 11 is 0. The van der Waals surface area contributed by atoms with E-state index in [1.54, 1.807) is 18.3 Å². The van der Waals surface area contributed by atoms with E-state index in [1.807, 2.05) is 32.0 Å². The van der Waals surface area contributed by atoms with Crippen LogP contribution in [0.3, 0.4) is 0 Å². The third-order valence-electron chi connectivity index (χ3n) is 3.28. The topological polar surface area (TPSA) is 51.2 Å². The van der Waals surface area contributed by atoms with Crippen LogP contribution in [0.5, 0.6) is 5.88 Å². The Kier molecular flexibility index (Phi) is 4.93. The first-order valence-electron chi connectivity index (χ1n) is 7.15. The summed E-state index contributed by atoms with van der Waals surface area (Å²) in [6, 6.07) is 9.46. The molecule has 0 atom stereocenters. The van der Waals surface area contributed by atoms with Gasteiger partial charge in [-0.15, -0.1) is 0 Å². The number of benzene rings is 1. The minimum Gasteiger partial charge on any atom is -0.477 e. The van der Waals surface area contributed by atoms with E-state index in [2.05, 4.69) is 17.2 Å². The van der Waals surface area contributed by atoms with Crippen LogP contribution in [-0.4, -0.2) is 17.5 Å². The lowest BCUT2D eigenvalue weighted by molar-refractivity contribution is 0.102. The Hall–Kier alpha value is -2.36. The number of hydrogen-bond donors (Lipinski definition) is 1. The molecule has 0 saturated carbocycles. The molecule has 2 rings (SSSR count). The number of rotatable bonds is 5. The van der Waals surface area contributed by atoms with E-state index in [4.69, 9.17) is 4.74 Å². The molecule has 1 heterocycles. The maximum absolute atomic E-state index is 12.5. The second kappa shape index (κ2) is 6.88. The number of para-hydroxylation sites is 1. The summed E-state index contributed by atoms with van der Waals surface area (Å²) in [4.78, 5) is 16.6. The highest BCUT2D eigenvalue weighted by Crippen LogP contribution is 2.23. The van der Waals surface area contributed by atoms with Gasteiger partial charge in [0.05, 0.1) is 6.61 Å². The Balaban J connectivity index is 2.31. The van der Waals surface area contributed by atoms with Crippen molar-refractivity contribution in [3.63, 3.8) is 0 Å². The third-order valence-corrected chi connectivity index (χ3v) is 3.28. The van der Waals surface area contributed by atoms with Gasteiger partial charge in [0.25, 0.3) is 5.91 Å². The molecule has 0 aliphatic rings. The molecule has 0 spiro atoms. The van der Waals surface area contributed by atoms with E-state index >= 15 is 0 Å². The van der Waals surface area contributed by atoms with Gasteiger partial charge in [-0.1, -0.05) is 25.1 Å². The minimum absolute atomic E-state index is 0.199. The van der Waals surface area contributed by atoms with Crippen LogP contribution in [0.1, 0.15) is 35.3 Å². The number of aryl methyl sites for hydroxylation is 2. The molecule has 1 N–H and O–H groups in total. The molecule has 0 aliphatic heterocycles. The molecular weight excluding hydrogens is 264 g/mol. The Bertz CT molecular complexity index is 638. The van der Waals surface area contributed by atoms with Crippen molar-refractivity contribution in [1.29, 1.82) is 0 Å². The van der Waals surface area contributed by atoms with Gasteiger partial charge in [0.2, 0.25) is 5.88 Å². The number of pyridine rings is 1. The van der Waals surface area contributed by atoms with Crippen LogP contribution in [0.15, 0.2) is 36.5 Å². The van der Waals surface area contributed by atoms with Crippen molar-refractivity contribution < 1.29 is 9.53 Å². The fourth-order valence-corrected chi connectivity index (χ4v) is 2.20. The van der Waals surface area contributed by atoms with Crippen LogP contribution in [0.4, 0.5) is 5.69 Å². The predicted molar refractivity (Wildman–Crippen MR) is 83.9 cm³/mol. The van der Waals surface area contributed by atoms with Gasteiger partial charge >= 0.3 is 0 Å². The van der Waals surface area contributed by atoms with Gasteiger partial charge in [-0.25, -0.2) is 4.98 Å². The van der Waals surface area contributed by atoms with Gasteiger partial charge in [0.15, 0.2) is 0 Å². The van der Waals surface area contributed by atoms with Crippen LogP contribution in [-0.2, 0) is 6.42 Å². The van der Waals surface area contributed by atoms with E-state index in [0.717, 1.165) is 23.2 Å². The molecule has 110 valence electrons. The highest BCUT2D eigenvalue weighted by atomic mass is 16.5. The Morgan fingerprint density at radius 3 is 2.76 bits per heavy atom. The zero-order valence-corrected chi connectivity index (χ0v) is 12.6. The molecule has 0 fully saturated rings. The second-order valence-corrected chi connectivity index (χ2v) is 4.71. The average molecular weight is 284 g/mol. The van der Waals surface area contributed by atoms with Gasteiger partial charge in [-0.3, -0.25) is 4.79 Å². The van der Waals surface area contributed by atoms with Crippen LogP contribution in [0.25, 0.3) is 0 Å². The van der Waals surface area contributed by atoms with Gasteiger partial charge in [0, 0.05) is 11.9 Å². The van der Waals surface area contributed by atoms with Gasteiger partial charge in [-0.05, 0) is 43.5 Å². The zero-order chi connectivity index (χ0) is 15.2. The van der Waals surface area contributed by atoms with Gasteiger partial charge < -0.3 is 10.1 Å². The maximum Gasteiger partial charge on any atom is 0.261 e. The van der Waals surface area contributed by atoms with Gasteiger partial charge in [0.1, 0.15) is 5.56 Å². The summed E-state index contributed by atoms with van der Waals surface area (Å²) in [5.74, 6) is 0.166. The van der Waals surface area contributed by atoms with Crippen molar-refractivity contribution in [2.24, 2.45) is 0 Å². The lowest BCUT2D eigenvalue weighted by atomic mass is 10.1. The average Bonchev–Trinajstić information content (AvgIpc) is 2.50. The lowest BCUT2D eigenvalue weighted by Crippen LogP contribution is -2.16. The summed E-state index contributed by atoms with van der Waals surface area (Å²) in [5.41, 5.74) is 3.48. The Morgan fingerprint density at radius 1 is 1.24 bits per heavy atom. The first kappa shape index (κ1) is 15.0. The Morgan fingerprint density at radius 2 is 2.05 bits per heavy atom. The molecule has 0 unspecified atom stereocenters. The molecule has 0 aliphatic carbocycles. The highest BCUT2D eigenvalue weighted by Gasteiger charge is 2.15. The van der Waals surface area contributed by atoms with E-state index in [1.165, 1.54) is 0 Å². The highest BCUT2D eigenvalue weighted by molar-refractivity contribution is 6.06. The largest absolute Gasteiger partial charge is 0.477 e. The van der Waals surface area contributed by atoms with Crippen LogP contribution in [0.2, 0.25) is 0 Å². The number of aromatic nitrogens is 1. The van der Waals surface area contributed by atoms with E-state index in [-0.39, 0.29) is 5.91 Å². The van der Waals surface area contributed by atoms with E-state index in [0.29, 0.717) is 18.1 Å². The monoisotopic (exact) mass is 284 g/mol.